The van der Waals surface area contributed by atoms with Crippen LogP contribution in [0.15, 0.2) is 54.2 Å². The van der Waals surface area contributed by atoms with Crippen LogP contribution in [0.3, 0.4) is 0 Å². The second kappa shape index (κ2) is 9.57. The van der Waals surface area contributed by atoms with Crippen molar-refractivity contribution in [1.82, 2.24) is 4.90 Å². The van der Waals surface area contributed by atoms with Gasteiger partial charge in [0.2, 0.25) is 0 Å². The molecule has 2 aromatic rings. The lowest BCUT2D eigenvalue weighted by Crippen LogP contribution is -2.34. The van der Waals surface area contributed by atoms with Gasteiger partial charge in [0.05, 0.1) is 30.0 Å². The number of nitrogens with zero attached hydrogens (tertiary/aromatic N) is 2. The average molecular weight is 422 g/mol. The Balaban J connectivity index is 1.97. The van der Waals surface area contributed by atoms with Crippen LogP contribution in [0.25, 0.3) is 5.57 Å². The van der Waals surface area contributed by atoms with Crippen molar-refractivity contribution in [2.45, 2.75) is 20.3 Å². The summed E-state index contributed by atoms with van der Waals surface area (Å²) in [5, 5.41) is 9.35. The molecule has 1 aliphatic rings. The fourth-order valence-corrected chi connectivity index (χ4v) is 3.37. The predicted molar refractivity (Wildman–Crippen MR) is 117 cm³/mol. The van der Waals surface area contributed by atoms with Crippen LogP contribution in [-0.4, -0.2) is 54.6 Å². The summed E-state index contributed by atoms with van der Waals surface area (Å²) in [6.07, 6.45) is 0.720. The molecule has 7 heteroatoms. The molecule has 0 fully saturated rings. The van der Waals surface area contributed by atoms with Gasteiger partial charge in [0.1, 0.15) is 5.70 Å². The van der Waals surface area contributed by atoms with E-state index in [0.29, 0.717) is 23.4 Å². The number of likely N-dealkylation sites (N-methyl/N-ethyl adjacent to an activating group) is 1. The standard InChI is InChI=1S/C24H26N2O5/c1-4-15-31-24(30)18-9-11-19(12-10-18)26-22(28)20(17-7-5-16(2)6-8-17)21(23(26)29)25(3)13-14-27/h5-12,27H,4,13-15H2,1-3H3. The minimum atomic E-state index is -0.474. The van der Waals surface area contributed by atoms with E-state index in [4.69, 9.17) is 4.74 Å². The first-order chi connectivity index (χ1) is 14.9. The summed E-state index contributed by atoms with van der Waals surface area (Å²) in [7, 11) is 1.67. The van der Waals surface area contributed by atoms with Gasteiger partial charge in [-0.1, -0.05) is 36.8 Å². The molecule has 162 valence electrons. The molecule has 0 radical (unpaired) electrons. The number of benzene rings is 2. The molecule has 0 saturated carbocycles. The van der Waals surface area contributed by atoms with Crippen LogP contribution < -0.4 is 4.90 Å². The molecule has 0 atom stereocenters. The Kier molecular flexibility index (Phi) is 6.87. The zero-order chi connectivity index (χ0) is 22.5. The van der Waals surface area contributed by atoms with Crippen molar-refractivity contribution in [2.24, 2.45) is 0 Å². The minimum absolute atomic E-state index is 0.156. The highest BCUT2D eigenvalue weighted by Gasteiger charge is 2.41. The van der Waals surface area contributed by atoms with E-state index < -0.39 is 17.8 Å². The van der Waals surface area contributed by atoms with Gasteiger partial charge in [0.25, 0.3) is 11.8 Å². The van der Waals surface area contributed by atoms with Crippen molar-refractivity contribution < 1.29 is 24.2 Å². The minimum Gasteiger partial charge on any atom is -0.462 e. The summed E-state index contributed by atoms with van der Waals surface area (Å²) in [6, 6.07) is 13.5. The molecule has 1 N–H and O–H groups in total. The summed E-state index contributed by atoms with van der Waals surface area (Å²) in [5.74, 6) is -1.37. The van der Waals surface area contributed by atoms with Crippen LogP contribution in [0.1, 0.15) is 34.8 Å². The summed E-state index contributed by atoms with van der Waals surface area (Å²) in [4.78, 5) is 41.3. The third-order valence-corrected chi connectivity index (χ3v) is 5.02. The molecule has 2 aromatic carbocycles. The highest BCUT2D eigenvalue weighted by atomic mass is 16.5. The van der Waals surface area contributed by atoms with E-state index in [2.05, 4.69) is 0 Å². The number of aliphatic hydroxyl groups is 1. The van der Waals surface area contributed by atoms with Crippen molar-refractivity contribution in [3.05, 3.63) is 70.9 Å². The molecule has 0 unspecified atom stereocenters. The number of aliphatic hydroxyl groups excluding tert-OH is 1. The molecule has 3 rings (SSSR count). The number of aryl methyl sites for hydroxylation is 1. The Hall–Kier alpha value is -3.45. The molecule has 2 amide bonds. The first-order valence-corrected chi connectivity index (χ1v) is 10.2. The Morgan fingerprint density at radius 3 is 2.26 bits per heavy atom. The lowest BCUT2D eigenvalue weighted by molar-refractivity contribution is -0.120. The van der Waals surface area contributed by atoms with E-state index in [0.717, 1.165) is 16.9 Å². The van der Waals surface area contributed by atoms with E-state index in [9.17, 15) is 19.5 Å². The number of anilines is 1. The molecule has 0 spiro atoms. The molecular formula is C24H26N2O5. The quantitative estimate of drug-likeness (QED) is 0.520. The van der Waals surface area contributed by atoms with E-state index in [1.165, 1.54) is 12.1 Å². The number of rotatable bonds is 8. The van der Waals surface area contributed by atoms with Gasteiger partial charge in [0, 0.05) is 13.6 Å². The van der Waals surface area contributed by atoms with Gasteiger partial charge in [-0.3, -0.25) is 9.59 Å². The second-order valence-corrected chi connectivity index (χ2v) is 7.36. The van der Waals surface area contributed by atoms with Gasteiger partial charge in [-0.25, -0.2) is 9.69 Å². The predicted octanol–water partition coefficient (Wildman–Crippen LogP) is 2.77. The number of hydrogen-bond donors (Lipinski definition) is 1. The SMILES string of the molecule is CCCOC(=O)c1ccc(N2C(=O)C(c3ccc(C)cc3)=C(N(C)CCO)C2=O)cc1. The average Bonchev–Trinajstić information content (AvgIpc) is 3.03. The highest BCUT2D eigenvalue weighted by Crippen LogP contribution is 2.34. The van der Waals surface area contributed by atoms with Crippen LogP contribution >= 0.6 is 0 Å². The monoisotopic (exact) mass is 422 g/mol. The summed E-state index contributed by atoms with van der Waals surface area (Å²) in [6.45, 7) is 4.23. The smallest absolute Gasteiger partial charge is 0.338 e. The van der Waals surface area contributed by atoms with Crippen molar-refractivity contribution in [3.8, 4) is 0 Å². The van der Waals surface area contributed by atoms with Gasteiger partial charge in [-0.2, -0.15) is 0 Å². The number of ether oxygens (including phenoxy) is 1. The first kappa shape index (κ1) is 22.2. The normalized spacial score (nSPS) is 13.7. The summed E-state index contributed by atoms with van der Waals surface area (Å²) < 4.78 is 5.12. The second-order valence-electron chi connectivity index (χ2n) is 7.36. The Bertz CT molecular complexity index is 1010. The van der Waals surface area contributed by atoms with Gasteiger partial charge < -0.3 is 14.7 Å². The Morgan fingerprint density at radius 1 is 1.03 bits per heavy atom. The molecule has 0 aliphatic carbocycles. The van der Waals surface area contributed by atoms with E-state index >= 15 is 0 Å². The van der Waals surface area contributed by atoms with Gasteiger partial charge in [0.15, 0.2) is 0 Å². The summed E-state index contributed by atoms with van der Waals surface area (Å²) >= 11 is 0. The number of esters is 1. The van der Waals surface area contributed by atoms with Gasteiger partial charge in [-0.05, 0) is 43.2 Å². The zero-order valence-electron chi connectivity index (χ0n) is 17.9. The van der Waals surface area contributed by atoms with E-state index in [-0.39, 0.29) is 24.4 Å². The Morgan fingerprint density at radius 2 is 1.68 bits per heavy atom. The summed E-state index contributed by atoms with van der Waals surface area (Å²) in [5.41, 5.74) is 2.89. The highest BCUT2D eigenvalue weighted by molar-refractivity contribution is 6.45. The van der Waals surface area contributed by atoms with Crippen LogP contribution in [-0.2, 0) is 14.3 Å². The topological polar surface area (TPSA) is 87.2 Å². The maximum atomic E-state index is 13.3. The van der Waals surface area contributed by atoms with Gasteiger partial charge >= 0.3 is 5.97 Å². The molecule has 1 heterocycles. The van der Waals surface area contributed by atoms with Crippen LogP contribution in [0, 0.1) is 6.92 Å². The number of imide groups is 1. The molecule has 0 saturated heterocycles. The molecule has 1 aliphatic heterocycles. The van der Waals surface area contributed by atoms with Crippen molar-refractivity contribution in [3.63, 3.8) is 0 Å². The number of amides is 2. The third kappa shape index (κ3) is 4.51. The third-order valence-electron chi connectivity index (χ3n) is 5.02. The molecular weight excluding hydrogens is 396 g/mol. The molecule has 7 nitrogen and oxygen atoms in total. The lowest BCUT2D eigenvalue weighted by atomic mass is 10.0. The van der Waals surface area contributed by atoms with Crippen LogP contribution in [0.2, 0.25) is 0 Å². The fraction of sp³-hybridized carbons (Fsp3) is 0.292. The zero-order valence-corrected chi connectivity index (χ0v) is 17.9. The number of hydrogen-bond acceptors (Lipinski definition) is 6. The fourth-order valence-electron chi connectivity index (χ4n) is 3.37. The van der Waals surface area contributed by atoms with Crippen molar-refractivity contribution in [1.29, 1.82) is 0 Å². The largest absolute Gasteiger partial charge is 0.462 e. The molecule has 0 bridgehead atoms. The maximum Gasteiger partial charge on any atom is 0.338 e. The van der Waals surface area contributed by atoms with Crippen LogP contribution in [0.5, 0.6) is 0 Å². The first-order valence-electron chi connectivity index (χ1n) is 10.2. The number of carbonyl (C=O) groups excluding carboxylic acids is 3. The maximum absolute atomic E-state index is 13.3. The van der Waals surface area contributed by atoms with E-state index in [1.807, 2.05) is 26.0 Å². The Labute approximate surface area is 181 Å². The number of carbonyl (C=O) groups is 3. The lowest BCUT2D eigenvalue weighted by Gasteiger charge is -2.20. The molecule has 31 heavy (non-hydrogen) atoms. The molecule has 0 aromatic heterocycles. The van der Waals surface area contributed by atoms with Crippen molar-refractivity contribution >= 4 is 29.0 Å². The van der Waals surface area contributed by atoms with Crippen molar-refractivity contribution in [2.75, 3.05) is 31.7 Å². The van der Waals surface area contributed by atoms with Gasteiger partial charge in [-0.15, -0.1) is 0 Å². The van der Waals surface area contributed by atoms with E-state index in [1.54, 1.807) is 36.2 Å². The van der Waals surface area contributed by atoms with Crippen LogP contribution in [0.4, 0.5) is 5.69 Å².